The van der Waals surface area contributed by atoms with Gasteiger partial charge in [-0.05, 0) is 19.1 Å². The standard InChI is InChI=1S/C11H6Cl2NO2/c1-6-7(5-15)11(14-16-6)10-8(12)3-2-4-9(10)13/h2-4H,1H3. The summed E-state index contributed by atoms with van der Waals surface area (Å²) < 4.78 is 4.92. The Morgan fingerprint density at radius 1 is 1.31 bits per heavy atom. The van der Waals surface area contributed by atoms with Gasteiger partial charge in [-0.15, -0.1) is 0 Å². The van der Waals surface area contributed by atoms with Crippen molar-refractivity contribution in [1.29, 1.82) is 0 Å². The lowest BCUT2D eigenvalue weighted by Gasteiger charge is -2.02. The van der Waals surface area contributed by atoms with Crippen LogP contribution in [0.2, 0.25) is 10.0 Å². The molecule has 1 aromatic carbocycles. The molecule has 2 aromatic rings. The van der Waals surface area contributed by atoms with Gasteiger partial charge in [0.05, 0.1) is 15.6 Å². The van der Waals surface area contributed by atoms with E-state index in [-0.39, 0.29) is 5.56 Å². The van der Waals surface area contributed by atoms with Gasteiger partial charge < -0.3 is 4.52 Å². The van der Waals surface area contributed by atoms with E-state index in [1.165, 1.54) is 0 Å². The second-order valence-corrected chi connectivity index (χ2v) is 3.98. The second kappa shape index (κ2) is 4.28. The molecule has 16 heavy (non-hydrogen) atoms. The zero-order valence-corrected chi connectivity index (χ0v) is 9.76. The summed E-state index contributed by atoms with van der Waals surface area (Å²) in [4.78, 5) is 10.8. The van der Waals surface area contributed by atoms with E-state index in [4.69, 9.17) is 27.7 Å². The van der Waals surface area contributed by atoms with E-state index in [0.717, 1.165) is 0 Å². The second-order valence-electron chi connectivity index (χ2n) is 3.16. The molecule has 1 radical (unpaired) electrons. The van der Waals surface area contributed by atoms with E-state index >= 15 is 0 Å². The molecule has 1 aromatic heterocycles. The number of hydrogen-bond donors (Lipinski definition) is 0. The Morgan fingerprint density at radius 3 is 2.50 bits per heavy atom. The van der Waals surface area contributed by atoms with Gasteiger partial charge in [0.2, 0.25) is 6.29 Å². The van der Waals surface area contributed by atoms with Gasteiger partial charge >= 0.3 is 0 Å². The van der Waals surface area contributed by atoms with Crippen molar-refractivity contribution < 1.29 is 9.32 Å². The van der Waals surface area contributed by atoms with Crippen LogP contribution in [0, 0.1) is 6.92 Å². The molecule has 0 saturated carbocycles. The minimum atomic E-state index is 0.245. The summed E-state index contributed by atoms with van der Waals surface area (Å²) >= 11 is 12.0. The van der Waals surface area contributed by atoms with Crippen LogP contribution in [0.1, 0.15) is 11.3 Å². The number of benzene rings is 1. The molecule has 1 heterocycles. The van der Waals surface area contributed by atoms with Gasteiger partial charge in [0, 0.05) is 5.56 Å². The lowest BCUT2D eigenvalue weighted by atomic mass is 10.1. The minimum Gasteiger partial charge on any atom is -0.360 e. The first kappa shape index (κ1) is 11.2. The molecule has 5 heteroatoms. The molecule has 0 fully saturated rings. The molecule has 0 aliphatic carbocycles. The highest BCUT2D eigenvalue weighted by molar-refractivity contribution is 6.39. The van der Waals surface area contributed by atoms with Crippen molar-refractivity contribution >= 4 is 29.5 Å². The zero-order valence-electron chi connectivity index (χ0n) is 8.25. The van der Waals surface area contributed by atoms with Gasteiger partial charge in [0.25, 0.3) is 0 Å². The highest BCUT2D eigenvalue weighted by Gasteiger charge is 2.19. The maximum atomic E-state index is 10.8. The Kier molecular flexibility index (Phi) is 2.99. The van der Waals surface area contributed by atoms with Crippen molar-refractivity contribution in [3.8, 4) is 11.3 Å². The van der Waals surface area contributed by atoms with Crippen molar-refractivity contribution in [2.45, 2.75) is 6.92 Å². The molecule has 0 unspecified atom stereocenters. The van der Waals surface area contributed by atoms with Crippen molar-refractivity contribution in [1.82, 2.24) is 5.16 Å². The predicted octanol–water partition coefficient (Wildman–Crippen LogP) is 3.41. The van der Waals surface area contributed by atoms with E-state index in [2.05, 4.69) is 5.16 Å². The normalized spacial score (nSPS) is 10.4. The largest absolute Gasteiger partial charge is 0.360 e. The maximum Gasteiger partial charge on any atom is 0.239 e. The molecule has 0 bridgehead atoms. The molecule has 3 nitrogen and oxygen atoms in total. The topological polar surface area (TPSA) is 43.1 Å². The summed E-state index contributed by atoms with van der Waals surface area (Å²) in [6.07, 6.45) is 1.77. The molecule has 2 rings (SSSR count). The van der Waals surface area contributed by atoms with E-state index in [1.807, 2.05) is 0 Å². The van der Waals surface area contributed by atoms with Gasteiger partial charge in [-0.3, -0.25) is 4.79 Å². The Labute approximate surface area is 102 Å². The first-order valence-electron chi connectivity index (χ1n) is 4.44. The number of carbonyl (C=O) groups excluding carboxylic acids is 1. The van der Waals surface area contributed by atoms with Crippen LogP contribution in [-0.2, 0) is 4.79 Å². The summed E-state index contributed by atoms with van der Waals surface area (Å²) in [5.41, 5.74) is 1.05. The van der Waals surface area contributed by atoms with Crippen LogP contribution in [0.3, 0.4) is 0 Å². The predicted molar refractivity (Wildman–Crippen MR) is 61.5 cm³/mol. The highest BCUT2D eigenvalue weighted by atomic mass is 35.5. The van der Waals surface area contributed by atoms with Gasteiger partial charge in [-0.1, -0.05) is 34.4 Å². The number of hydrogen-bond acceptors (Lipinski definition) is 3. The lowest BCUT2D eigenvalue weighted by molar-refractivity contribution is 0.399. The molecule has 0 saturated heterocycles. The van der Waals surface area contributed by atoms with Crippen LogP contribution in [0.4, 0.5) is 0 Å². The molecule has 0 aliphatic heterocycles. The van der Waals surface area contributed by atoms with Crippen molar-refractivity contribution in [2.75, 3.05) is 0 Å². The molecule has 0 atom stereocenters. The third-order valence-electron chi connectivity index (χ3n) is 2.16. The summed E-state index contributed by atoms with van der Waals surface area (Å²) in [7, 11) is 0. The van der Waals surface area contributed by atoms with Crippen molar-refractivity contribution in [2.24, 2.45) is 0 Å². The van der Waals surface area contributed by atoms with Crippen LogP contribution in [0.25, 0.3) is 11.3 Å². The first-order valence-corrected chi connectivity index (χ1v) is 5.19. The molecule has 0 N–H and O–H groups in total. The van der Waals surface area contributed by atoms with Gasteiger partial charge in [-0.25, -0.2) is 0 Å². The number of nitrogens with zero attached hydrogens (tertiary/aromatic N) is 1. The van der Waals surface area contributed by atoms with Gasteiger partial charge in [-0.2, -0.15) is 0 Å². The summed E-state index contributed by atoms with van der Waals surface area (Å²) in [5.74, 6) is 0.390. The van der Waals surface area contributed by atoms with E-state index in [9.17, 15) is 4.79 Å². The van der Waals surface area contributed by atoms with E-state index < -0.39 is 0 Å². The fourth-order valence-electron chi connectivity index (χ4n) is 1.39. The van der Waals surface area contributed by atoms with Crippen molar-refractivity contribution in [3.05, 3.63) is 39.6 Å². The Hall–Kier alpha value is -1.32. The van der Waals surface area contributed by atoms with Gasteiger partial charge in [0.1, 0.15) is 11.5 Å². The number of aromatic nitrogens is 1. The van der Waals surface area contributed by atoms with Crippen LogP contribution >= 0.6 is 23.2 Å². The molecule has 81 valence electrons. The van der Waals surface area contributed by atoms with E-state index in [0.29, 0.717) is 27.1 Å². The lowest BCUT2D eigenvalue weighted by Crippen LogP contribution is -1.88. The third-order valence-corrected chi connectivity index (χ3v) is 2.79. The van der Waals surface area contributed by atoms with Crippen LogP contribution in [0.5, 0.6) is 0 Å². The Morgan fingerprint density at radius 2 is 1.94 bits per heavy atom. The van der Waals surface area contributed by atoms with Crippen molar-refractivity contribution in [3.63, 3.8) is 0 Å². The first-order chi connectivity index (χ1) is 7.65. The summed E-state index contributed by atoms with van der Waals surface area (Å²) in [6.45, 7) is 1.63. The zero-order chi connectivity index (χ0) is 11.7. The highest BCUT2D eigenvalue weighted by Crippen LogP contribution is 2.35. The van der Waals surface area contributed by atoms with E-state index in [1.54, 1.807) is 31.4 Å². The van der Waals surface area contributed by atoms with Gasteiger partial charge in [0.15, 0.2) is 0 Å². The fourth-order valence-corrected chi connectivity index (χ4v) is 1.96. The van der Waals surface area contributed by atoms with Crippen LogP contribution in [-0.4, -0.2) is 11.4 Å². The monoisotopic (exact) mass is 254 g/mol. The Bertz CT molecular complexity index is 529. The average molecular weight is 255 g/mol. The SMILES string of the molecule is Cc1onc(-c2c(Cl)cccc2Cl)c1[C]=O. The molecular formula is C11H6Cl2NO2. The summed E-state index contributed by atoms with van der Waals surface area (Å²) in [6, 6.07) is 5.05. The fraction of sp³-hybridized carbons (Fsp3) is 0.0909. The molecule has 0 spiro atoms. The maximum absolute atomic E-state index is 10.8. The number of halogens is 2. The summed E-state index contributed by atoms with van der Waals surface area (Å²) in [5, 5.41) is 4.60. The number of aryl methyl sites for hydroxylation is 1. The molecule has 0 aliphatic rings. The number of rotatable bonds is 2. The van der Waals surface area contributed by atoms with Crippen LogP contribution in [0.15, 0.2) is 22.7 Å². The minimum absolute atomic E-state index is 0.245. The smallest absolute Gasteiger partial charge is 0.239 e. The third kappa shape index (κ3) is 1.72. The molecule has 0 amide bonds. The van der Waals surface area contributed by atoms with Crippen LogP contribution < -0.4 is 0 Å². The average Bonchev–Trinajstić information content (AvgIpc) is 2.59. The molecular weight excluding hydrogens is 249 g/mol. The quantitative estimate of drug-likeness (QED) is 0.825. The Balaban J connectivity index is 2.72.